The van der Waals surface area contributed by atoms with Crippen molar-refractivity contribution in [2.24, 2.45) is 7.05 Å². The summed E-state index contributed by atoms with van der Waals surface area (Å²) in [4.78, 5) is 2.31. The van der Waals surface area contributed by atoms with Gasteiger partial charge in [0.2, 0.25) is 10.0 Å². The molecule has 3 rings (SSSR count). The van der Waals surface area contributed by atoms with Crippen molar-refractivity contribution in [3.63, 3.8) is 0 Å². The normalized spacial score (nSPS) is 18.5. The lowest BCUT2D eigenvalue weighted by Gasteiger charge is -2.36. The predicted molar refractivity (Wildman–Crippen MR) is 99.2 cm³/mol. The lowest BCUT2D eigenvalue weighted by atomic mass is 10.0. The third kappa shape index (κ3) is 5.01. The second-order valence-corrected chi connectivity index (χ2v) is 7.83. The van der Waals surface area contributed by atoms with Crippen molar-refractivity contribution in [2.45, 2.75) is 10.9 Å². The molecule has 0 amide bonds. The SMILES string of the molecule is Cl.Cn1cc(S(=O)(=O)NCCN2CCNCC2c2cccc(F)c2)cn1. The largest absolute Gasteiger partial charge is 0.314 e. The van der Waals surface area contributed by atoms with E-state index in [0.717, 1.165) is 18.7 Å². The van der Waals surface area contributed by atoms with E-state index in [1.54, 1.807) is 13.1 Å². The molecule has 2 heterocycles. The highest BCUT2D eigenvalue weighted by molar-refractivity contribution is 7.89. The highest BCUT2D eigenvalue weighted by Gasteiger charge is 2.24. The minimum Gasteiger partial charge on any atom is -0.314 e. The summed E-state index contributed by atoms with van der Waals surface area (Å²) >= 11 is 0. The Balaban J connectivity index is 0.00000243. The van der Waals surface area contributed by atoms with Gasteiger partial charge in [-0.15, -0.1) is 12.4 Å². The van der Waals surface area contributed by atoms with Crippen LogP contribution in [0.3, 0.4) is 0 Å². The van der Waals surface area contributed by atoms with E-state index in [0.29, 0.717) is 13.1 Å². The van der Waals surface area contributed by atoms with Gasteiger partial charge in [-0.2, -0.15) is 5.10 Å². The molecular weight excluding hydrogens is 381 g/mol. The summed E-state index contributed by atoms with van der Waals surface area (Å²) in [5.41, 5.74) is 0.891. The molecule has 0 aliphatic carbocycles. The van der Waals surface area contributed by atoms with E-state index < -0.39 is 10.0 Å². The van der Waals surface area contributed by atoms with Crippen LogP contribution in [-0.4, -0.2) is 55.8 Å². The number of nitrogens with one attached hydrogen (secondary N) is 2. The minimum absolute atomic E-state index is 0. The van der Waals surface area contributed by atoms with E-state index in [1.165, 1.54) is 29.2 Å². The van der Waals surface area contributed by atoms with Crippen molar-refractivity contribution in [3.05, 3.63) is 48.0 Å². The molecule has 1 aliphatic heterocycles. The van der Waals surface area contributed by atoms with Crippen LogP contribution in [-0.2, 0) is 17.1 Å². The summed E-state index contributed by atoms with van der Waals surface area (Å²) in [5.74, 6) is -0.264. The standard InChI is InChI=1S/C16H22FN5O2S.ClH/c1-21-12-15(10-19-21)25(23,24)20-6-8-22-7-5-18-11-16(22)13-3-2-4-14(17)9-13;/h2-4,9-10,12,16,18,20H,5-8,11H2,1H3;1H. The minimum atomic E-state index is -3.56. The molecule has 1 unspecified atom stereocenters. The number of benzene rings is 1. The fourth-order valence-electron chi connectivity index (χ4n) is 3.00. The zero-order valence-electron chi connectivity index (χ0n) is 14.4. The van der Waals surface area contributed by atoms with E-state index in [4.69, 9.17) is 0 Å². The fraction of sp³-hybridized carbons (Fsp3) is 0.438. The summed E-state index contributed by atoms with van der Waals surface area (Å²) in [5, 5.41) is 7.19. The maximum Gasteiger partial charge on any atom is 0.243 e. The molecule has 0 saturated carbocycles. The Labute approximate surface area is 159 Å². The van der Waals surface area contributed by atoms with Gasteiger partial charge in [0.15, 0.2) is 0 Å². The summed E-state index contributed by atoms with van der Waals surface area (Å²) in [6.45, 7) is 3.13. The molecule has 144 valence electrons. The number of piperazine rings is 1. The zero-order valence-corrected chi connectivity index (χ0v) is 16.1. The summed E-state index contributed by atoms with van der Waals surface area (Å²) in [6, 6.07) is 6.57. The third-order valence-electron chi connectivity index (χ3n) is 4.27. The molecule has 1 saturated heterocycles. The van der Waals surface area contributed by atoms with Crippen LogP contribution in [0, 0.1) is 5.82 Å². The molecular formula is C16H23ClFN5O2S. The molecule has 1 aromatic carbocycles. The maximum atomic E-state index is 13.5. The van der Waals surface area contributed by atoms with Crippen LogP contribution in [0.25, 0.3) is 0 Å². The molecule has 1 fully saturated rings. The zero-order chi connectivity index (χ0) is 17.9. The molecule has 26 heavy (non-hydrogen) atoms. The van der Waals surface area contributed by atoms with Crippen LogP contribution in [0.1, 0.15) is 11.6 Å². The van der Waals surface area contributed by atoms with Crippen LogP contribution in [0.15, 0.2) is 41.6 Å². The monoisotopic (exact) mass is 403 g/mol. The number of hydrogen-bond acceptors (Lipinski definition) is 5. The van der Waals surface area contributed by atoms with E-state index in [2.05, 4.69) is 20.0 Å². The lowest BCUT2D eigenvalue weighted by Crippen LogP contribution is -2.48. The number of hydrogen-bond donors (Lipinski definition) is 2. The van der Waals surface area contributed by atoms with Crippen LogP contribution in [0.2, 0.25) is 0 Å². The molecule has 7 nitrogen and oxygen atoms in total. The van der Waals surface area contributed by atoms with Gasteiger partial charge in [-0.25, -0.2) is 17.5 Å². The van der Waals surface area contributed by atoms with E-state index in [1.807, 2.05) is 6.07 Å². The molecule has 1 atom stereocenters. The first-order valence-corrected chi connectivity index (χ1v) is 9.62. The Bertz CT molecular complexity index is 830. The first-order valence-electron chi connectivity index (χ1n) is 8.14. The average Bonchev–Trinajstić information content (AvgIpc) is 3.03. The number of halogens is 2. The average molecular weight is 404 g/mol. The number of aromatic nitrogens is 2. The van der Waals surface area contributed by atoms with Gasteiger partial charge in [-0.05, 0) is 17.7 Å². The van der Waals surface area contributed by atoms with Gasteiger partial charge < -0.3 is 5.32 Å². The third-order valence-corrected chi connectivity index (χ3v) is 5.69. The van der Waals surface area contributed by atoms with Gasteiger partial charge >= 0.3 is 0 Å². The van der Waals surface area contributed by atoms with Crippen molar-refractivity contribution in [1.29, 1.82) is 0 Å². The summed E-state index contributed by atoms with van der Waals surface area (Å²) < 4.78 is 42.0. The molecule has 0 spiro atoms. The van der Waals surface area contributed by atoms with Gasteiger partial charge in [0, 0.05) is 52.0 Å². The molecule has 1 aromatic heterocycles. The first kappa shape index (κ1) is 20.8. The Hall–Kier alpha value is -1.52. The number of aryl methyl sites for hydroxylation is 1. The van der Waals surface area contributed by atoms with Gasteiger partial charge in [-0.3, -0.25) is 9.58 Å². The van der Waals surface area contributed by atoms with Gasteiger partial charge in [0.25, 0.3) is 0 Å². The van der Waals surface area contributed by atoms with Crippen LogP contribution >= 0.6 is 12.4 Å². The predicted octanol–water partition coefficient (Wildman–Crippen LogP) is 0.906. The summed E-state index contributed by atoms with van der Waals surface area (Å²) in [6.07, 6.45) is 2.78. The second-order valence-electron chi connectivity index (χ2n) is 6.06. The van der Waals surface area contributed by atoms with E-state index in [-0.39, 0.29) is 35.7 Å². The first-order chi connectivity index (χ1) is 12.0. The van der Waals surface area contributed by atoms with E-state index in [9.17, 15) is 12.8 Å². The molecule has 10 heteroatoms. The Morgan fingerprint density at radius 2 is 2.23 bits per heavy atom. The molecule has 2 N–H and O–H groups in total. The van der Waals surface area contributed by atoms with Gasteiger partial charge in [0.1, 0.15) is 10.7 Å². The molecule has 0 bridgehead atoms. The van der Waals surface area contributed by atoms with Crippen LogP contribution < -0.4 is 10.0 Å². The van der Waals surface area contributed by atoms with Crippen molar-refractivity contribution < 1.29 is 12.8 Å². The number of rotatable bonds is 6. The van der Waals surface area contributed by atoms with Crippen LogP contribution in [0.5, 0.6) is 0 Å². The lowest BCUT2D eigenvalue weighted by molar-refractivity contribution is 0.165. The van der Waals surface area contributed by atoms with Gasteiger partial charge in [-0.1, -0.05) is 12.1 Å². The Morgan fingerprint density at radius 1 is 1.42 bits per heavy atom. The molecule has 1 aliphatic rings. The molecule has 0 radical (unpaired) electrons. The Morgan fingerprint density at radius 3 is 2.92 bits per heavy atom. The van der Waals surface area contributed by atoms with Gasteiger partial charge in [0.05, 0.1) is 6.20 Å². The highest BCUT2D eigenvalue weighted by Crippen LogP contribution is 2.22. The van der Waals surface area contributed by atoms with Crippen molar-refractivity contribution in [1.82, 2.24) is 24.7 Å². The van der Waals surface area contributed by atoms with Crippen molar-refractivity contribution >= 4 is 22.4 Å². The smallest absolute Gasteiger partial charge is 0.243 e. The highest BCUT2D eigenvalue weighted by atomic mass is 35.5. The summed E-state index contributed by atoms with van der Waals surface area (Å²) in [7, 11) is -1.89. The number of sulfonamides is 1. The van der Waals surface area contributed by atoms with Crippen LogP contribution in [0.4, 0.5) is 4.39 Å². The Kier molecular flexibility index (Phi) is 7.13. The van der Waals surface area contributed by atoms with E-state index >= 15 is 0 Å². The maximum absolute atomic E-state index is 13.5. The van der Waals surface area contributed by atoms with Crippen molar-refractivity contribution in [2.75, 3.05) is 32.7 Å². The molecule has 2 aromatic rings. The quantitative estimate of drug-likeness (QED) is 0.749. The second kappa shape index (κ2) is 8.92. The number of nitrogens with zero attached hydrogens (tertiary/aromatic N) is 3. The topological polar surface area (TPSA) is 79.3 Å². The van der Waals surface area contributed by atoms with Crippen molar-refractivity contribution in [3.8, 4) is 0 Å². The fourth-order valence-corrected chi connectivity index (χ4v) is 4.00.